The summed E-state index contributed by atoms with van der Waals surface area (Å²) in [6, 6.07) is 3.68. The number of carbonyl (C=O) groups is 1. The molecule has 0 saturated heterocycles. The minimum atomic E-state index is -0.739. The van der Waals surface area contributed by atoms with Crippen molar-refractivity contribution in [3.63, 3.8) is 0 Å². The maximum Gasteiger partial charge on any atom is 0.314 e. The summed E-state index contributed by atoms with van der Waals surface area (Å²) in [5, 5.41) is 9.31. The Balaban J connectivity index is 2.10. The van der Waals surface area contributed by atoms with Crippen molar-refractivity contribution in [2.45, 2.75) is 25.2 Å². The minimum Gasteiger partial charge on any atom is -0.486 e. The summed E-state index contributed by atoms with van der Waals surface area (Å²) in [5.41, 5.74) is 1.09. The molecule has 3 rings (SSSR count). The van der Waals surface area contributed by atoms with Gasteiger partial charge in [0.25, 0.3) is 0 Å². The monoisotopic (exact) mass is 234 g/mol. The largest absolute Gasteiger partial charge is 0.486 e. The Morgan fingerprint density at radius 2 is 2.00 bits per heavy atom. The quantitative estimate of drug-likeness (QED) is 0.848. The molecule has 1 heterocycles. The number of carboxylic acid groups (broad SMARTS) is 1. The van der Waals surface area contributed by atoms with Crippen LogP contribution in [0.15, 0.2) is 12.1 Å². The molecule has 1 aromatic carbocycles. The SMILES string of the molecule is Cc1c(C2(C(=O)O)CC2)ccc2c1OCCO2. The smallest absolute Gasteiger partial charge is 0.314 e. The predicted molar refractivity (Wildman–Crippen MR) is 60.7 cm³/mol. The van der Waals surface area contributed by atoms with Gasteiger partial charge in [0.2, 0.25) is 0 Å². The molecule has 2 aliphatic rings. The van der Waals surface area contributed by atoms with Gasteiger partial charge in [-0.15, -0.1) is 0 Å². The topological polar surface area (TPSA) is 55.8 Å². The molecule has 0 radical (unpaired) electrons. The fraction of sp³-hybridized carbons (Fsp3) is 0.462. The van der Waals surface area contributed by atoms with Crippen molar-refractivity contribution in [1.82, 2.24) is 0 Å². The normalized spacial score (nSPS) is 19.8. The molecule has 0 atom stereocenters. The fourth-order valence-corrected chi connectivity index (χ4v) is 2.50. The summed E-state index contributed by atoms with van der Waals surface area (Å²) in [4.78, 5) is 11.3. The zero-order valence-electron chi connectivity index (χ0n) is 9.66. The lowest BCUT2D eigenvalue weighted by Crippen LogP contribution is -2.22. The van der Waals surface area contributed by atoms with Crippen LogP contribution in [0.25, 0.3) is 0 Å². The molecule has 0 spiro atoms. The summed E-state index contributed by atoms with van der Waals surface area (Å²) in [6.07, 6.45) is 1.42. The van der Waals surface area contributed by atoms with Gasteiger partial charge in [-0.05, 0) is 37.0 Å². The number of hydrogen-bond acceptors (Lipinski definition) is 3. The number of aliphatic carboxylic acids is 1. The third-order valence-corrected chi connectivity index (χ3v) is 3.63. The Hall–Kier alpha value is -1.71. The Bertz CT molecular complexity index is 488. The highest BCUT2D eigenvalue weighted by Crippen LogP contribution is 2.52. The van der Waals surface area contributed by atoms with Crippen molar-refractivity contribution >= 4 is 5.97 Å². The highest BCUT2D eigenvalue weighted by Gasteiger charge is 2.53. The van der Waals surface area contributed by atoms with E-state index in [-0.39, 0.29) is 0 Å². The lowest BCUT2D eigenvalue weighted by atomic mass is 9.91. The molecule has 1 aliphatic carbocycles. The standard InChI is InChI=1S/C13H14O4/c1-8-9(13(4-5-13)12(14)15)2-3-10-11(8)17-7-6-16-10/h2-3H,4-7H2,1H3,(H,14,15). The summed E-state index contributed by atoms with van der Waals surface area (Å²) in [7, 11) is 0. The van der Waals surface area contributed by atoms with E-state index in [0.29, 0.717) is 31.8 Å². The molecule has 1 N–H and O–H groups in total. The number of fused-ring (bicyclic) bond motifs is 1. The van der Waals surface area contributed by atoms with Gasteiger partial charge in [-0.2, -0.15) is 0 Å². The van der Waals surface area contributed by atoms with E-state index < -0.39 is 11.4 Å². The first-order valence-corrected chi connectivity index (χ1v) is 5.78. The Morgan fingerprint density at radius 1 is 1.29 bits per heavy atom. The first-order chi connectivity index (χ1) is 8.15. The van der Waals surface area contributed by atoms with E-state index in [4.69, 9.17) is 9.47 Å². The maximum atomic E-state index is 11.3. The van der Waals surface area contributed by atoms with Crippen LogP contribution in [-0.4, -0.2) is 24.3 Å². The molecule has 0 unspecified atom stereocenters. The van der Waals surface area contributed by atoms with Crippen molar-refractivity contribution < 1.29 is 19.4 Å². The first kappa shape index (κ1) is 10.4. The van der Waals surface area contributed by atoms with Gasteiger partial charge in [0, 0.05) is 0 Å². The van der Waals surface area contributed by atoms with Crippen LogP contribution in [0, 0.1) is 6.92 Å². The lowest BCUT2D eigenvalue weighted by Gasteiger charge is -2.23. The van der Waals surface area contributed by atoms with E-state index in [9.17, 15) is 9.90 Å². The molecule has 1 fully saturated rings. The van der Waals surface area contributed by atoms with Crippen molar-refractivity contribution in [3.8, 4) is 11.5 Å². The molecular weight excluding hydrogens is 220 g/mol. The van der Waals surface area contributed by atoms with Gasteiger partial charge in [-0.25, -0.2) is 0 Å². The van der Waals surface area contributed by atoms with Crippen molar-refractivity contribution in [1.29, 1.82) is 0 Å². The van der Waals surface area contributed by atoms with Crippen LogP contribution < -0.4 is 9.47 Å². The van der Waals surface area contributed by atoms with Crippen LogP contribution in [0.4, 0.5) is 0 Å². The average Bonchev–Trinajstić information content (AvgIpc) is 3.11. The summed E-state index contributed by atoms with van der Waals surface area (Å²) in [6.45, 7) is 2.99. The van der Waals surface area contributed by atoms with Crippen LogP contribution in [0.3, 0.4) is 0 Å². The van der Waals surface area contributed by atoms with E-state index in [1.165, 1.54) is 0 Å². The van der Waals surface area contributed by atoms with Gasteiger partial charge in [0.05, 0.1) is 5.41 Å². The molecule has 1 aliphatic heterocycles. The number of benzene rings is 1. The number of hydrogen-bond donors (Lipinski definition) is 1. The van der Waals surface area contributed by atoms with Crippen LogP contribution in [-0.2, 0) is 10.2 Å². The lowest BCUT2D eigenvalue weighted by molar-refractivity contribution is -0.140. The second-order valence-corrected chi connectivity index (χ2v) is 4.65. The van der Waals surface area contributed by atoms with Crippen LogP contribution >= 0.6 is 0 Å². The molecule has 90 valence electrons. The van der Waals surface area contributed by atoms with Crippen molar-refractivity contribution in [2.24, 2.45) is 0 Å². The maximum absolute atomic E-state index is 11.3. The van der Waals surface area contributed by atoms with Gasteiger partial charge >= 0.3 is 5.97 Å². The van der Waals surface area contributed by atoms with E-state index in [1.807, 2.05) is 19.1 Å². The third kappa shape index (κ3) is 1.40. The third-order valence-electron chi connectivity index (χ3n) is 3.63. The van der Waals surface area contributed by atoms with E-state index in [0.717, 1.165) is 16.9 Å². The summed E-state index contributed by atoms with van der Waals surface area (Å²) >= 11 is 0. The Morgan fingerprint density at radius 3 is 2.65 bits per heavy atom. The molecule has 4 heteroatoms. The average molecular weight is 234 g/mol. The van der Waals surface area contributed by atoms with Gasteiger partial charge < -0.3 is 14.6 Å². The van der Waals surface area contributed by atoms with Gasteiger partial charge in [0.15, 0.2) is 11.5 Å². The number of carboxylic acids is 1. The molecule has 0 bridgehead atoms. The number of ether oxygens (including phenoxy) is 2. The van der Waals surface area contributed by atoms with Crippen LogP contribution in [0.1, 0.15) is 24.0 Å². The second-order valence-electron chi connectivity index (χ2n) is 4.65. The van der Waals surface area contributed by atoms with Crippen molar-refractivity contribution in [3.05, 3.63) is 23.3 Å². The number of rotatable bonds is 2. The van der Waals surface area contributed by atoms with Gasteiger partial charge in [0.1, 0.15) is 13.2 Å². The fourth-order valence-electron chi connectivity index (χ4n) is 2.50. The summed E-state index contributed by atoms with van der Waals surface area (Å²) in [5.74, 6) is 0.692. The Kier molecular flexibility index (Phi) is 2.08. The zero-order chi connectivity index (χ0) is 12.0. The predicted octanol–water partition coefficient (Wildman–Crippen LogP) is 1.88. The molecule has 1 saturated carbocycles. The highest BCUT2D eigenvalue weighted by molar-refractivity contribution is 5.86. The molecule has 0 aromatic heterocycles. The van der Waals surface area contributed by atoms with Crippen LogP contribution in [0.5, 0.6) is 11.5 Å². The summed E-state index contributed by atoms with van der Waals surface area (Å²) < 4.78 is 11.1. The van der Waals surface area contributed by atoms with E-state index in [1.54, 1.807) is 0 Å². The molecular formula is C13H14O4. The minimum absolute atomic E-state index is 0.525. The van der Waals surface area contributed by atoms with Crippen LogP contribution in [0.2, 0.25) is 0 Å². The molecule has 1 aromatic rings. The Labute approximate surface area is 99.2 Å². The van der Waals surface area contributed by atoms with E-state index in [2.05, 4.69) is 0 Å². The molecule has 4 nitrogen and oxygen atoms in total. The second kappa shape index (κ2) is 3.39. The first-order valence-electron chi connectivity index (χ1n) is 5.78. The van der Waals surface area contributed by atoms with Gasteiger partial charge in [-0.3, -0.25) is 4.79 Å². The molecule has 0 amide bonds. The zero-order valence-corrected chi connectivity index (χ0v) is 9.66. The van der Waals surface area contributed by atoms with Gasteiger partial charge in [-0.1, -0.05) is 6.07 Å². The van der Waals surface area contributed by atoms with Crippen molar-refractivity contribution in [2.75, 3.05) is 13.2 Å². The van der Waals surface area contributed by atoms with E-state index >= 15 is 0 Å². The molecule has 17 heavy (non-hydrogen) atoms. The highest BCUT2D eigenvalue weighted by atomic mass is 16.6.